The van der Waals surface area contributed by atoms with Gasteiger partial charge in [0, 0.05) is 18.7 Å². The van der Waals surface area contributed by atoms with Crippen LogP contribution >= 0.6 is 10.8 Å². The summed E-state index contributed by atoms with van der Waals surface area (Å²) in [6.45, 7) is 0.947. The molecule has 0 unspecified atom stereocenters. The zero-order chi connectivity index (χ0) is 11.0. The van der Waals surface area contributed by atoms with Gasteiger partial charge in [0.25, 0.3) is 0 Å². The minimum absolute atomic E-state index is 0.0957. The lowest BCUT2D eigenvalue weighted by Gasteiger charge is -2.01. The van der Waals surface area contributed by atoms with Gasteiger partial charge in [-0.3, -0.25) is 9.35 Å². The normalized spacial score (nSPS) is 11.5. The second-order valence-electron chi connectivity index (χ2n) is 2.50. The maximum atomic E-state index is 10.2. The molecule has 0 bridgehead atoms. The molecular weight excluding hydrogens is 230 g/mol. The Kier molecular flexibility index (Phi) is 6.89. The van der Waals surface area contributed by atoms with Crippen molar-refractivity contribution in [3.63, 3.8) is 0 Å². The number of carboxylic acid groups (broad SMARTS) is 1. The molecule has 0 fully saturated rings. The molecule has 0 heterocycles. The van der Waals surface area contributed by atoms with Crippen LogP contribution in [0, 0.1) is 0 Å². The standard InChI is InChI=1S/C6H13NO5S2/c8-6(9)2-1-3-7-4-5-13-14(10,11)12/h7H,1-5H2,(H,8,9)(H,10,11,12). The maximum absolute atomic E-state index is 10.2. The fourth-order valence-electron chi connectivity index (χ4n) is 0.709. The van der Waals surface area contributed by atoms with E-state index in [1.54, 1.807) is 0 Å². The topological polar surface area (TPSA) is 104 Å². The lowest BCUT2D eigenvalue weighted by atomic mass is 10.3. The molecule has 0 spiro atoms. The Morgan fingerprint density at radius 1 is 1.36 bits per heavy atom. The van der Waals surface area contributed by atoms with Crippen molar-refractivity contribution in [1.29, 1.82) is 0 Å². The summed E-state index contributed by atoms with van der Waals surface area (Å²) in [4.78, 5) is 10.1. The van der Waals surface area contributed by atoms with Crippen LogP contribution < -0.4 is 5.32 Å². The molecule has 6 nitrogen and oxygen atoms in total. The molecule has 0 aliphatic heterocycles. The predicted octanol–water partition coefficient (Wildman–Crippen LogP) is -0.0232. The molecule has 0 rings (SSSR count). The number of aliphatic carboxylic acids is 1. The van der Waals surface area contributed by atoms with Gasteiger partial charge < -0.3 is 10.4 Å². The number of carbonyl (C=O) groups is 1. The molecule has 0 atom stereocenters. The number of nitrogens with one attached hydrogen (secondary N) is 1. The van der Waals surface area contributed by atoms with E-state index in [1.165, 1.54) is 0 Å². The number of rotatable bonds is 8. The van der Waals surface area contributed by atoms with Crippen LogP contribution in [0.5, 0.6) is 0 Å². The molecule has 0 saturated carbocycles. The average molecular weight is 243 g/mol. The van der Waals surface area contributed by atoms with Crippen LogP contribution in [0.4, 0.5) is 0 Å². The monoisotopic (exact) mass is 243 g/mol. The second kappa shape index (κ2) is 7.04. The molecule has 0 saturated heterocycles. The second-order valence-corrected chi connectivity index (χ2v) is 5.97. The summed E-state index contributed by atoms with van der Waals surface area (Å²) >= 11 is 0. The van der Waals surface area contributed by atoms with Gasteiger partial charge >= 0.3 is 15.1 Å². The quantitative estimate of drug-likeness (QED) is 0.312. The first-order valence-corrected chi connectivity index (χ1v) is 6.90. The molecular formula is C6H13NO5S2. The Balaban J connectivity index is 3.19. The van der Waals surface area contributed by atoms with Crippen molar-refractivity contribution in [2.24, 2.45) is 0 Å². The fourth-order valence-corrected chi connectivity index (χ4v) is 2.03. The van der Waals surface area contributed by atoms with Crippen molar-refractivity contribution in [3.05, 3.63) is 0 Å². The maximum Gasteiger partial charge on any atom is 0.319 e. The highest BCUT2D eigenvalue weighted by atomic mass is 33.1. The van der Waals surface area contributed by atoms with Crippen LogP contribution in [0.1, 0.15) is 12.8 Å². The molecule has 0 aliphatic carbocycles. The van der Waals surface area contributed by atoms with E-state index in [0.29, 0.717) is 30.3 Å². The molecule has 8 heteroatoms. The summed E-state index contributed by atoms with van der Waals surface area (Å²) in [5, 5.41) is 11.1. The molecule has 0 aromatic carbocycles. The van der Waals surface area contributed by atoms with Crippen molar-refractivity contribution >= 4 is 25.9 Å². The zero-order valence-corrected chi connectivity index (χ0v) is 9.10. The Labute approximate surface area is 86.2 Å². The molecule has 0 aromatic heterocycles. The van der Waals surface area contributed by atoms with Crippen LogP contribution in [-0.4, -0.2) is 42.9 Å². The van der Waals surface area contributed by atoms with E-state index in [9.17, 15) is 13.2 Å². The smallest absolute Gasteiger partial charge is 0.319 e. The summed E-state index contributed by atoms with van der Waals surface area (Å²) in [6, 6.07) is 0. The van der Waals surface area contributed by atoms with Crippen molar-refractivity contribution in [3.8, 4) is 0 Å². The molecule has 0 aliphatic rings. The van der Waals surface area contributed by atoms with E-state index < -0.39 is 15.1 Å². The molecule has 0 aromatic rings. The molecule has 84 valence electrons. The van der Waals surface area contributed by atoms with Crippen LogP contribution in [-0.2, 0) is 13.9 Å². The van der Waals surface area contributed by atoms with Gasteiger partial charge in [0.05, 0.1) is 0 Å². The highest BCUT2D eigenvalue weighted by Gasteiger charge is 2.03. The summed E-state index contributed by atoms with van der Waals surface area (Å²) in [5.74, 6) is -0.606. The third-order valence-corrected chi connectivity index (χ3v) is 3.32. The van der Waals surface area contributed by atoms with Crippen molar-refractivity contribution in [1.82, 2.24) is 5.32 Å². The highest BCUT2D eigenvalue weighted by Crippen LogP contribution is 2.06. The minimum atomic E-state index is -3.95. The van der Waals surface area contributed by atoms with Crippen molar-refractivity contribution < 1.29 is 22.9 Å². The Hall–Kier alpha value is -0.310. The van der Waals surface area contributed by atoms with Crippen LogP contribution in [0.15, 0.2) is 0 Å². The first-order valence-electron chi connectivity index (χ1n) is 3.96. The first-order chi connectivity index (χ1) is 6.42. The lowest BCUT2D eigenvalue weighted by Crippen LogP contribution is -2.19. The first kappa shape index (κ1) is 13.7. The van der Waals surface area contributed by atoms with Gasteiger partial charge in [-0.1, -0.05) is 0 Å². The van der Waals surface area contributed by atoms with Crippen LogP contribution in [0.2, 0.25) is 0 Å². The number of hydrogen-bond acceptors (Lipinski definition) is 5. The fraction of sp³-hybridized carbons (Fsp3) is 0.833. The Morgan fingerprint density at radius 2 is 2.00 bits per heavy atom. The zero-order valence-electron chi connectivity index (χ0n) is 7.47. The third kappa shape index (κ3) is 11.7. The summed E-state index contributed by atoms with van der Waals surface area (Å²) in [6.07, 6.45) is 0.602. The van der Waals surface area contributed by atoms with Crippen molar-refractivity contribution in [2.75, 3.05) is 18.8 Å². The SMILES string of the molecule is O=C(O)CCCNCCSS(=O)(=O)O. The minimum Gasteiger partial charge on any atom is -0.481 e. The molecule has 3 N–H and O–H groups in total. The summed E-state index contributed by atoms with van der Waals surface area (Å²) in [7, 11) is -3.50. The van der Waals surface area contributed by atoms with Crippen molar-refractivity contribution in [2.45, 2.75) is 12.8 Å². The number of hydrogen-bond donors (Lipinski definition) is 3. The van der Waals surface area contributed by atoms with E-state index in [-0.39, 0.29) is 12.2 Å². The average Bonchev–Trinajstić information content (AvgIpc) is 2.00. The van der Waals surface area contributed by atoms with E-state index >= 15 is 0 Å². The highest BCUT2D eigenvalue weighted by molar-refractivity contribution is 8.69. The van der Waals surface area contributed by atoms with E-state index in [4.69, 9.17) is 9.66 Å². The Morgan fingerprint density at radius 3 is 2.50 bits per heavy atom. The number of carboxylic acids is 1. The van der Waals surface area contributed by atoms with E-state index in [1.807, 2.05) is 0 Å². The van der Waals surface area contributed by atoms with E-state index in [2.05, 4.69) is 5.32 Å². The molecule has 0 amide bonds. The molecule has 14 heavy (non-hydrogen) atoms. The van der Waals surface area contributed by atoms with Gasteiger partial charge in [-0.15, -0.1) is 0 Å². The van der Waals surface area contributed by atoms with Gasteiger partial charge in [-0.05, 0) is 23.8 Å². The van der Waals surface area contributed by atoms with Crippen LogP contribution in [0.3, 0.4) is 0 Å². The van der Waals surface area contributed by atoms with E-state index in [0.717, 1.165) is 0 Å². The Bertz CT molecular complexity index is 263. The van der Waals surface area contributed by atoms with Crippen LogP contribution in [0.25, 0.3) is 0 Å². The van der Waals surface area contributed by atoms with Gasteiger partial charge in [0.1, 0.15) is 0 Å². The predicted molar refractivity (Wildman–Crippen MR) is 53.7 cm³/mol. The van der Waals surface area contributed by atoms with Gasteiger partial charge in [0.2, 0.25) is 0 Å². The third-order valence-electron chi connectivity index (χ3n) is 1.26. The van der Waals surface area contributed by atoms with Gasteiger partial charge in [0.15, 0.2) is 0 Å². The van der Waals surface area contributed by atoms with Gasteiger partial charge in [-0.25, -0.2) is 0 Å². The summed E-state index contributed by atoms with van der Waals surface area (Å²) in [5.41, 5.74) is 0. The summed E-state index contributed by atoms with van der Waals surface area (Å²) < 4.78 is 28.8. The molecule has 0 radical (unpaired) electrons. The van der Waals surface area contributed by atoms with Gasteiger partial charge in [-0.2, -0.15) is 8.42 Å². The lowest BCUT2D eigenvalue weighted by molar-refractivity contribution is -0.137. The largest absolute Gasteiger partial charge is 0.481 e.